The van der Waals surface area contributed by atoms with Gasteiger partial charge in [0.15, 0.2) is 5.58 Å². The van der Waals surface area contributed by atoms with Gasteiger partial charge in [0.05, 0.1) is 0 Å². The second-order valence-electron chi connectivity index (χ2n) is 4.88. The summed E-state index contributed by atoms with van der Waals surface area (Å²) in [6, 6.07) is 11.6. The summed E-state index contributed by atoms with van der Waals surface area (Å²) in [5.74, 6) is -0.365. The van der Waals surface area contributed by atoms with Gasteiger partial charge in [0.1, 0.15) is 5.52 Å². The summed E-state index contributed by atoms with van der Waals surface area (Å²) in [5.41, 5.74) is 4.24. The number of hydrogen-bond acceptors (Lipinski definition) is 3. The van der Waals surface area contributed by atoms with Gasteiger partial charge in [-0.1, -0.05) is 30.3 Å². The van der Waals surface area contributed by atoms with Crippen molar-refractivity contribution >= 4 is 34.6 Å². The molecule has 0 fully saturated rings. The number of hydrogen-bond donors (Lipinski definition) is 1. The maximum atomic E-state index is 11.4. The standard InChI is InChI=1S/C17H13ClN2O2/c1-3-15(21)19-17-20-16-13(8-10(2)9-14(16)22-17)11-4-6-12(18)7-5-11/h3-9H,1H2,2H3,(H,19,20,21). The number of benzene rings is 2. The van der Waals surface area contributed by atoms with Gasteiger partial charge in [-0.3, -0.25) is 10.1 Å². The molecule has 5 heteroatoms. The molecule has 0 radical (unpaired) electrons. The Labute approximate surface area is 132 Å². The summed E-state index contributed by atoms with van der Waals surface area (Å²) in [6.45, 7) is 5.38. The van der Waals surface area contributed by atoms with Crippen LogP contribution in [0.5, 0.6) is 0 Å². The Bertz CT molecular complexity index is 866. The smallest absolute Gasteiger partial charge is 0.302 e. The number of aryl methyl sites for hydroxylation is 1. The van der Waals surface area contributed by atoms with Crippen molar-refractivity contribution < 1.29 is 9.21 Å². The molecule has 22 heavy (non-hydrogen) atoms. The molecule has 4 nitrogen and oxygen atoms in total. The molecule has 3 aromatic rings. The molecule has 0 atom stereocenters. The van der Waals surface area contributed by atoms with Gasteiger partial charge in [0.2, 0.25) is 0 Å². The molecule has 0 bridgehead atoms. The maximum Gasteiger partial charge on any atom is 0.302 e. The van der Waals surface area contributed by atoms with E-state index in [0.717, 1.165) is 16.7 Å². The van der Waals surface area contributed by atoms with Crippen LogP contribution in [-0.2, 0) is 4.79 Å². The van der Waals surface area contributed by atoms with Gasteiger partial charge in [-0.05, 0) is 48.4 Å². The minimum absolute atomic E-state index is 0.153. The van der Waals surface area contributed by atoms with Crippen molar-refractivity contribution in [1.82, 2.24) is 4.98 Å². The SMILES string of the molecule is C=CC(=O)Nc1nc2c(-c3ccc(Cl)cc3)cc(C)cc2o1. The van der Waals surface area contributed by atoms with Crippen molar-refractivity contribution in [3.63, 3.8) is 0 Å². The number of rotatable bonds is 3. The molecular formula is C17H13ClN2O2. The lowest BCUT2D eigenvalue weighted by atomic mass is 10.0. The molecule has 3 rings (SSSR count). The number of oxazole rings is 1. The van der Waals surface area contributed by atoms with E-state index in [2.05, 4.69) is 16.9 Å². The molecular weight excluding hydrogens is 300 g/mol. The van der Waals surface area contributed by atoms with Crippen LogP contribution in [0.2, 0.25) is 5.02 Å². The number of amides is 1. The van der Waals surface area contributed by atoms with Gasteiger partial charge in [0.25, 0.3) is 5.91 Å². The predicted molar refractivity (Wildman–Crippen MR) is 88.0 cm³/mol. The highest BCUT2D eigenvalue weighted by molar-refractivity contribution is 6.30. The van der Waals surface area contributed by atoms with Crippen molar-refractivity contribution in [3.05, 3.63) is 59.6 Å². The molecule has 1 amide bonds. The minimum atomic E-state index is -0.365. The molecule has 0 spiro atoms. The van der Waals surface area contributed by atoms with Gasteiger partial charge in [-0.25, -0.2) is 0 Å². The molecule has 0 unspecified atom stereocenters. The number of nitrogens with one attached hydrogen (secondary N) is 1. The van der Waals surface area contributed by atoms with Gasteiger partial charge in [0, 0.05) is 10.6 Å². The van der Waals surface area contributed by atoms with Crippen LogP contribution in [0.15, 0.2) is 53.5 Å². The van der Waals surface area contributed by atoms with Gasteiger partial charge >= 0.3 is 6.01 Å². The van der Waals surface area contributed by atoms with E-state index in [4.69, 9.17) is 16.0 Å². The van der Waals surface area contributed by atoms with Crippen LogP contribution < -0.4 is 5.32 Å². The van der Waals surface area contributed by atoms with Gasteiger partial charge in [-0.2, -0.15) is 4.98 Å². The number of carbonyl (C=O) groups excluding carboxylic acids is 1. The molecule has 0 aliphatic carbocycles. The first-order valence-corrected chi connectivity index (χ1v) is 7.05. The van der Waals surface area contributed by atoms with Crippen LogP contribution in [0.25, 0.3) is 22.2 Å². The van der Waals surface area contributed by atoms with Crippen molar-refractivity contribution in [2.45, 2.75) is 6.92 Å². The Kier molecular flexibility index (Phi) is 3.69. The van der Waals surface area contributed by atoms with Crippen LogP contribution in [0.3, 0.4) is 0 Å². The van der Waals surface area contributed by atoms with Crippen molar-refractivity contribution in [3.8, 4) is 11.1 Å². The van der Waals surface area contributed by atoms with Crippen molar-refractivity contribution in [2.24, 2.45) is 0 Å². The number of nitrogens with zero attached hydrogens (tertiary/aromatic N) is 1. The van der Waals surface area contributed by atoms with E-state index in [1.165, 1.54) is 6.08 Å². The highest BCUT2D eigenvalue weighted by atomic mass is 35.5. The van der Waals surface area contributed by atoms with Gasteiger partial charge in [-0.15, -0.1) is 0 Å². The number of anilines is 1. The lowest BCUT2D eigenvalue weighted by molar-refractivity contribution is -0.112. The third kappa shape index (κ3) is 2.73. The second-order valence-corrected chi connectivity index (χ2v) is 5.31. The fourth-order valence-electron chi connectivity index (χ4n) is 2.23. The van der Waals surface area contributed by atoms with Gasteiger partial charge < -0.3 is 4.42 Å². The van der Waals surface area contributed by atoms with E-state index in [1.54, 1.807) is 0 Å². The summed E-state index contributed by atoms with van der Waals surface area (Å²) in [4.78, 5) is 15.7. The third-order valence-electron chi connectivity index (χ3n) is 3.21. The van der Waals surface area contributed by atoms with Crippen LogP contribution in [-0.4, -0.2) is 10.9 Å². The summed E-state index contributed by atoms with van der Waals surface area (Å²) in [7, 11) is 0. The zero-order valence-electron chi connectivity index (χ0n) is 11.9. The zero-order chi connectivity index (χ0) is 15.7. The maximum absolute atomic E-state index is 11.4. The summed E-state index contributed by atoms with van der Waals surface area (Å²) >= 11 is 5.93. The number of halogens is 1. The van der Waals surface area contributed by atoms with Crippen LogP contribution >= 0.6 is 11.6 Å². The summed E-state index contributed by atoms with van der Waals surface area (Å²) in [5, 5.41) is 3.21. The lowest BCUT2D eigenvalue weighted by Gasteiger charge is -2.04. The highest BCUT2D eigenvalue weighted by Crippen LogP contribution is 2.32. The first kappa shape index (κ1) is 14.4. The monoisotopic (exact) mass is 312 g/mol. The molecule has 2 aromatic carbocycles. The normalized spacial score (nSPS) is 10.6. The fourth-order valence-corrected chi connectivity index (χ4v) is 2.35. The Morgan fingerprint density at radius 1 is 1.32 bits per heavy atom. The first-order valence-electron chi connectivity index (χ1n) is 6.67. The van der Waals surface area contributed by atoms with Crippen LogP contribution in [0.1, 0.15) is 5.56 Å². The quantitative estimate of drug-likeness (QED) is 0.720. The largest absolute Gasteiger partial charge is 0.423 e. The van der Waals surface area contributed by atoms with E-state index in [0.29, 0.717) is 16.1 Å². The van der Waals surface area contributed by atoms with Crippen LogP contribution in [0.4, 0.5) is 6.01 Å². The predicted octanol–water partition coefficient (Wildman–Crippen LogP) is 4.58. The molecule has 1 heterocycles. The lowest BCUT2D eigenvalue weighted by Crippen LogP contribution is -2.07. The molecule has 0 saturated carbocycles. The minimum Gasteiger partial charge on any atom is -0.423 e. The molecule has 0 aliphatic rings. The van der Waals surface area contributed by atoms with E-state index >= 15 is 0 Å². The van der Waals surface area contributed by atoms with Crippen molar-refractivity contribution in [1.29, 1.82) is 0 Å². The van der Waals surface area contributed by atoms with Crippen molar-refractivity contribution in [2.75, 3.05) is 5.32 Å². The number of aromatic nitrogens is 1. The third-order valence-corrected chi connectivity index (χ3v) is 3.46. The fraction of sp³-hybridized carbons (Fsp3) is 0.0588. The van der Waals surface area contributed by atoms with E-state index in [9.17, 15) is 4.79 Å². The summed E-state index contributed by atoms with van der Waals surface area (Å²) in [6.07, 6.45) is 1.17. The number of fused-ring (bicyclic) bond motifs is 1. The molecule has 0 saturated heterocycles. The van der Waals surface area contributed by atoms with E-state index in [-0.39, 0.29) is 11.9 Å². The molecule has 1 N–H and O–H groups in total. The zero-order valence-corrected chi connectivity index (χ0v) is 12.6. The Morgan fingerprint density at radius 2 is 2.05 bits per heavy atom. The Balaban J connectivity index is 2.14. The Morgan fingerprint density at radius 3 is 2.73 bits per heavy atom. The molecule has 110 valence electrons. The Hall–Kier alpha value is -2.59. The average Bonchev–Trinajstić information content (AvgIpc) is 2.89. The second kappa shape index (κ2) is 5.66. The molecule has 0 aliphatic heterocycles. The first-order chi connectivity index (χ1) is 10.6. The summed E-state index contributed by atoms with van der Waals surface area (Å²) < 4.78 is 5.59. The molecule has 1 aromatic heterocycles. The van der Waals surface area contributed by atoms with E-state index < -0.39 is 0 Å². The topological polar surface area (TPSA) is 55.1 Å². The van der Waals surface area contributed by atoms with E-state index in [1.807, 2.05) is 43.3 Å². The van der Waals surface area contributed by atoms with Crippen LogP contribution in [0, 0.1) is 6.92 Å². The average molecular weight is 313 g/mol. The highest BCUT2D eigenvalue weighted by Gasteiger charge is 2.13. The number of carbonyl (C=O) groups is 1.